The first-order valence-electron chi connectivity index (χ1n) is 9.39. The average Bonchev–Trinajstić information content (AvgIpc) is 3.11. The molecule has 0 aliphatic carbocycles. The average molecular weight is 445 g/mol. The SMILES string of the molecule is O=C1Cc2cc(C(=O)NC(c3ccc(OC(F)(F)F)cc3)c3ncccc3F)ccc2N1. The lowest BCUT2D eigenvalue weighted by molar-refractivity contribution is -0.274. The molecule has 1 aliphatic heterocycles. The number of nitrogens with one attached hydrogen (secondary N) is 2. The van der Waals surface area contributed by atoms with Crippen LogP contribution in [0.5, 0.6) is 5.75 Å². The smallest absolute Gasteiger partial charge is 0.406 e. The second kappa shape index (κ2) is 8.29. The largest absolute Gasteiger partial charge is 0.573 e. The number of benzene rings is 2. The van der Waals surface area contributed by atoms with E-state index in [1.807, 2.05) is 0 Å². The van der Waals surface area contributed by atoms with Gasteiger partial charge in [-0.05, 0) is 53.6 Å². The van der Waals surface area contributed by atoms with Gasteiger partial charge in [-0.3, -0.25) is 14.6 Å². The number of carbonyl (C=O) groups is 2. The van der Waals surface area contributed by atoms with Crippen LogP contribution in [-0.4, -0.2) is 23.2 Å². The number of amides is 2. The summed E-state index contributed by atoms with van der Waals surface area (Å²) >= 11 is 0. The number of fused-ring (bicyclic) bond motifs is 1. The number of rotatable bonds is 5. The molecule has 4 rings (SSSR count). The molecule has 1 aromatic heterocycles. The van der Waals surface area contributed by atoms with Gasteiger partial charge in [0.05, 0.1) is 12.5 Å². The Hall–Kier alpha value is -3.95. The molecule has 2 heterocycles. The minimum atomic E-state index is -4.86. The number of ether oxygens (including phenoxy) is 1. The van der Waals surface area contributed by atoms with E-state index in [1.165, 1.54) is 30.5 Å². The first-order chi connectivity index (χ1) is 15.2. The van der Waals surface area contributed by atoms with Crippen LogP contribution in [-0.2, 0) is 11.2 Å². The van der Waals surface area contributed by atoms with Crippen LogP contribution in [0.4, 0.5) is 23.2 Å². The van der Waals surface area contributed by atoms with Gasteiger partial charge >= 0.3 is 6.36 Å². The summed E-state index contributed by atoms with van der Waals surface area (Å²) in [6, 6.07) is 10.8. The molecule has 0 spiro atoms. The van der Waals surface area contributed by atoms with Crippen molar-refractivity contribution >= 4 is 17.5 Å². The second-order valence-electron chi connectivity index (χ2n) is 6.99. The lowest BCUT2D eigenvalue weighted by Crippen LogP contribution is -2.30. The molecule has 1 unspecified atom stereocenters. The number of pyridine rings is 1. The van der Waals surface area contributed by atoms with E-state index in [1.54, 1.807) is 12.1 Å². The number of alkyl halides is 3. The maximum absolute atomic E-state index is 14.5. The Morgan fingerprint density at radius 2 is 1.88 bits per heavy atom. The maximum Gasteiger partial charge on any atom is 0.573 e. The van der Waals surface area contributed by atoms with Gasteiger partial charge in [-0.1, -0.05) is 12.1 Å². The van der Waals surface area contributed by atoms with Crippen molar-refractivity contribution in [3.8, 4) is 5.75 Å². The van der Waals surface area contributed by atoms with Crippen molar-refractivity contribution in [3.05, 3.63) is 89.0 Å². The highest BCUT2D eigenvalue weighted by Gasteiger charge is 2.31. The van der Waals surface area contributed by atoms with E-state index in [2.05, 4.69) is 20.4 Å². The van der Waals surface area contributed by atoms with Crippen LogP contribution < -0.4 is 15.4 Å². The van der Waals surface area contributed by atoms with Crippen LogP contribution in [0, 0.1) is 5.82 Å². The summed E-state index contributed by atoms with van der Waals surface area (Å²) < 4.78 is 55.6. The number of hydrogen-bond acceptors (Lipinski definition) is 4. The standard InChI is InChI=1S/C22H15F4N3O3/c23-16-2-1-9-27-20(16)19(12-3-6-15(7-4-12)32-22(24,25)26)29-21(31)13-5-8-17-14(10-13)11-18(30)28-17/h1-10,19H,11H2,(H,28,30)(H,29,31). The Bertz CT molecular complexity index is 1180. The zero-order chi connectivity index (χ0) is 22.9. The Morgan fingerprint density at radius 1 is 1.12 bits per heavy atom. The van der Waals surface area contributed by atoms with Crippen molar-refractivity contribution in [1.29, 1.82) is 0 Å². The van der Waals surface area contributed by atoms with Crippen LogP contribution in [0.3, 0.4) is 0 Å². The minimum absolute atomic E-state index is 0.108. The quantitative estimate of drug-likeness (QED) is 0.579. The van der Waals surface area contributed by atoms with Crippen LogP contribution in [0.2, 0.25) is 0 Å². The number of nitrogens with zero attached hydrogens (tertiary/aromatic N) is 1. The van der Waals surface area contributed by atoms with E-state index in [-0.39, 0.29) is 23.6 Å². The van der Waals surface area contributed by atoms with Gasteiger partial charge in [-0.2, -0.15) is 0 Å². The molecule has 2 aromatic carbocycles. The van der Waals surface area contributed by atoms with E-state index in [9.17, 15) is 27.2 Å². The van der Waals surface area contributed by atoms with E-state index in [0.29, 0.717) is 16.8 Å². The van der Waals surface area contributed by atoms with Gasteiger partial charge in [0, 0.05) is 17.4 Å². The molecule has 0 fully saturated rings. The lowest BCUT2D eigenvalue weighted by Gasteiger charge is -2.20. The van der Waals surface area contributed by atoms with Gasteiger partial charge in [0.2, 0.25) is 5.91 Å². The summed E-state index contributed by atoms with van der Waals surface area (Å²) in [5.74, 6) is -1.91. The van der Waals surface area contributed by atoms with Crippen LogP contribution >= 0.6 is 0 Å². The van der Waals surface area contributed by atoms with Crippen molar-refractivity contribution in [2.75, 3.05) is 5.32 Å². The van der Waals surface area contributed by atoms with Gasteiger partial charge in [-0.25, -0.2) is 4.39 Å². The molecular weight excluding hydrogens is 430 g/mol. The van der Waals surface area contributed by atoms with E-state index in [0.717, 1.165) is 18.2 Å². The molecule has 0 radical (unpaired) electrons. The Kier molecular flexibility index (Phi) is 5.52. The molecule has 32 heavy (non-hydrogen) atoms. The molecule has 1 aliphatic rings. The summed E-state index contributed by atoms with van der Waals surface area (Å²) in [6.45, 7) is 0. The zero-order valence-corrected chi connectivity index (χ0v) is 16.2. The van der Waals surface area contributed by atoms with Gasteiger partial charge in [0.15, 0.2) is 0 Å². The third kappa shape index (κ3) is 4.69. The normalized spacial score (nSPS) is 13.8. The molecule has 0 saturated carbocycles. The Morgan fingerprint density at radius 3 is 2.56 bits per heavy atom. The molecule has 2 amide bonds. The van der Waals surface area contributed by atoms with Gasteiger partial charge in [0.25, 0.3) is 5.91 Å². The van der Waals surface area contributed by atoms with Gasteiger partial charge in [-0.15, -0.1) is 13.2 Å². The third-order valence-corrected chi connectivity index (χ3v) is 4.78. The second-order valence-corrected chi connectivity index (χ2v) is 6.99. The first-order valence-corrected chi connectivity index (χ1v) is 9.39. The van der Waals surface area contributed by atoms with Crippen LogP contribution in [0.1, 0.15) is 33.2 Å². The van der Waals surface area contributed by atoms with Crippen molar-refractivity contribution in [3.63, 3.8) is 0 Å². The highest BCUT2D eigenvalue weighted by atomic mass is 19.4. The zero-order valence-electron chi connectivity index (χ0n) is 16.2. The predicted octanol–water partition coefficient (Wildman–Crippen LogP) is 4.13. The number of aromatic nitrogens is 1. The fraction of sp³-hybridized carbons (Fsp3) is 0.136. The third-order valence-electron chi connectivity index (χ3n) is 4.78. The molecule has 0 bridgehead atoms. The topological polar surface area (TPSA) is 80.3 Å². The Labute approximate surface area is 179 Å². The molecule has 10 heteroatoms. The van der Waals surface area contributed by atoms with E-state index < -0.39 is 29.9 Å². The molecule has 1 atom stereocenters. The molecular formula is C22H15F4N3O3. The first kappa shape index (κ1) is 21.3. The van der Waals surface area contributed by atoms with Crippen LogP contribution in [0.25, 0.3) is 0 Å². The number of halogens is 4. The van der Waals surface area contributed by atoms with Crippen LogP contribution in [0.15, 0.2) is 60.8 Å². The minimum Gasteiger partial charge on any atom is -0.406 e. The molecule has 164 valence electrons. The number of carbonyl (C=O) groups excluding carboxylic acids is 2. The molecule has 6 nitrogen and oxygen atoms in total. The highest BCUT2D eigenvalue weighted by Crippen LogP contribution is 2.29. The van der Waals surface area contributed by atoms with Crippen molar-refractivity contribution in [1.82, 2.24) is 10.3 Å². The summed E-state index contributed by atoms with van der Waals surface area (Å²) in [7, 11) is 0. The molecule has 0 saturated heterocycles. The van der Waals surface area contributed by atoms with Gasteiger partial charge < -0.3 is 15.4 Å². The van der Waals surface area contributed by atoms with Gasteiger partial charge in [0.1, 0.15) is 17.3 Å². The summed E-state index contributed by atoms with van der Waals surface area (Å²) in [6.07, 6.45) is -3.38. The number of hydrogen-bond donors (Lipinski definition) is 2. The lowest BCUT2D eigenvalue weighted by atomic mass is 10.0. The van der Waals surface area contributed by atoms with E-state index in [4.69, 9.17) is 0 Å². The van der Waals surface area contributed by atoms with Crippen molar-refractivity contribution in [2.24, 2.45) is 0 Å². The predicted molar refractivity (Wildman–Crippen MR) is 105 cm³/mol. The summed E-state index contributed by atoms with van der Waals surface area (Å²) in [5.41, 5.74) is 1.68. The fourth-order valence-electron chi connectivity index (χ4n) is 3.37. The van der Waals surface area contributed by atoms with Crippen molar-refractivity contribution < 1.29 is 31.9 Å². The fourth-order valence-corrected chi connectivity index (χ4v) is 3.37. The monoisotopic (exact) mass is 445 g/mol. The Balaban J connectivity index is 1.64. The summed E-state index contributed by atoms with van der Waals surface area (Å²) in [4.78, 5) is 28.4. The van der Waals surface area contributed by atoms with Crippen molar-refractivity contribution in [2.45, 2.75) is 18.8 Å². The van der Waals surface area contributed by atoms with E-state index >= 15 is 0 Å². The molecule has 2 N–H and O–H groups in total. The maximum atomic E-state index is 14.5. The molecule has 3 aromatic rings. The summed E-state index contributed by atoms with van der Waals surface area (Å²) in [5, 5.41) is 5.33. The highest BCUT2D eigenvalue weighted by molar-refractivity contribution is 6.01. The number of anilines is 1.